The molecule has 0 radical (unpaired) electrons. The van der Waals surface area contributed by atoms with E-state index < -0.39 is 17.5 Å². The van der Waals surface area contributed by atoms with E-state index in [9.17, 15) is 13.2 Å². The van der Waals surface area contributed by atoms with Crippen molar-refractivity contribution in [1.82, 2.24) is 9.55 Å². The van der Waals surface area contributed by atoms with Crippen LogP contribution in [0.25, 0.3) is 16.9 Å². The fourth-order valence-corrected chi connectivity index (χ4v) is 2.83. The van der Waals surface area contributed by atoms with Crippen molar-refractivity contribution in [2.45, 2.75) is 6.92 Å². The van der Waals surface area contributed by atoms with Crippen LogP contribution in [0.4, 0.5) is 13.2 Å². The zero-order valence-corrected chi connectivity index (χ0v) is 13.5. The fraction of sp³-hybridized carbons (Fsp3) is 0.118. The van der Waals surface area contributed by atoms with E-state index in [-0.39, 0.29) is 22.2 Å². The number of hydrogen-bond donors (Lipinski definition) is 0. The monoisotopic (exact) mass is 352 g/mol. The lowest BCUT2D eigenvalue weighted by Crippen LogP contribution is -2.03. The van der Waals surface area contributed by atoms with Crippen LogP contribution in [-0.4, -0.2) is 16.7 Å². The summed E-state index contributed by atoms with van der Waals surface area (Å²) >= 11 is 6.13. The van der Waals surface area contributed by atoms with Gasteiger partial charge in [-0.05, 0) is 43.3 Å². The molecule has 0 unspecified atom stereocenters. The Morgan fingerprint density at radius 2 is 1.71 bits per heavy atom. The summed E-state index contributed by atoms with van der Waals surface area (Å²) in [5.74, 6) is -1.83. The molecule has 24 heavy (non-hydrogen) atoms. The highest BCUT2D eigenvalue weighted by molar-refractivity contribution is 6.32. The van der Waals surface area contributed by atoms with E-state index in [4.69, 9.17) is 16.3 Å². The average molecular weight is 353 g/mol. The molecule has 1 heterocycles. The lowest BCUT2D eigenvalue weighted by molar-refractivity contribution is 0.385. The lowest BCUT2D eigenvalue weighted by Gasteiger charge is -2.13. The van der Waals surface area contributed by atoms with Gasteiger partial charge in [0.25, 0.3) is 0 Å². The molecule has 0 bridgehead atoms. The van der Waals surface area contributed by atoms with Gasteiger partial charge in [-0.2, -0.15) is 0 Å². The van der Waals surface area contributed by atoms with Crippen LogP contribution in [0.1, 0.15) is 5.82 Å². The van der Waals surface area contributed by atoms with E-state index in [1.54, 1.807) is 6.92 Å². The molecule has 0 atom stereocenters. The summed E-state index contributed by atoms with van der Waals surface area (Å²) in [6.07, 6.45) is 0. The normalized spacial score (nSPS) is 10.9. The van der Waals surface area contributed by atoms with Gasteiger partial charge < -0.3 is 4.74 Å². The van der Waals surface area contributed by atoms with Gasteiger partial charge in [0.15, 0.2) is 16.7 Å². The quantitative estimate of drug-likeness (QED) is 0.668. The first-order valence-corrected chi connectivity index (χ1v) is 7.35. The highest BCUT2D eigenvalue weighted by atomic mass is 35.5. The van der Waals surface area contributed by atoms with Crippen LogP contribution in [-0.2, 0) is 0 Å². The van der Waals surface area contributed by atoms with Crippen LogP contribution in [0.5, 0.6) is 5.75 Å². The van der Waals surface area contributed by atoms with Crippen LogP contribution in [0, 0.1) is 24.4 Å². The molecule has 7 heteroatoms. The van der Waals surface area contributed by atoms with E-state index in [0.717, 1.165) is 6.07 Å². The summed E-state index contributed by atoms with van der Waals surface area (Å²) in [5, 5.41) is -0.0668. The van der Waals surface area contributed by atoms with E-state index in [2.05, 4.69) is 4.98 Å². The van der Waals surface area contributed by atoms with Crippen LogP contribution < -0.4 is 4.74 Å². The summed E-state index contributed by atoms with van der Waals surface area (Å²) in [6, 6.07) is 7.70. The standard InChI is InChI=1S/C17H12ClF3N2O/c1-9-22-17(18)16(23(9)11-5-3-10(19)4-6-11)14-12(20)7-8-13(24-2)15(14)21/h3-8H,1-2H3. The summed E-state index contributed by atoms with van der Waals surface area (Å²) in [7, 11) is 1.28. The van der Waals surface area contributed by atoms with Gasteiger partial charge in [0.1, 0.15) is 17.5 Å². The van der Waals surface area contributed by atoms with E-state index in [1.165, 1.54) is 42.0 Å². The Balaban J connectivity index is 2.33. The minimum absolute atomic E-state index is 0.0367. The van der Waals surface area contributed by atoms with E-state index in [1.807, 2.05) is 0 Å². The molecule has 0 amide bonds. The second-order valence-corrected chi connectivity index (χ2v) is 5.41. The molecule has 3 rings (SSSR count). The molecule has 0 spiro atoms. The van der Waals surface area contributed by atoms with Crippen LogP contribution in [0.3, 0.4) is 0 Å². The van der Waals surface area contributed by atoms with Crippen molar-refractivity contribution < 1.29 is 17.9 Å². The number of benzene rings is 2. The zero-order valence-electron chi connectivity index (χ0n) is 12.8. The first-order valence-electron chi connectivity index (χ1n) is 6.97. The maximum absolute atomic E-state index is 14.6. The molecular formula is C17H12ClF3N2O. The Labute approximate surface area is 141 Å². The Morgan fingerprint density at radius 3 is 2.33 bits per heavy atom. The largest absolute Gasteiger partial charge is 0.494 e. The van der Waals surface area contributed by atoms with Crippen LogP contribution in [0.2, 0.25) is 5.15 Å². The van der Waals surface area contributed by atoms with Gasteiger partial charge in [-0.15, -0.1) is 0 Å². The molecule has 0 N–H and O–H groups in total. The number of hydrogen-bond acceptors (Lipinski definition) is 2. The van der Waals surface area contributed by atoms with E-state index in [0.29, 0.717) is 11.5 Å². The number of nitrogens with zero attached hydrogens (tertiary/aromatic N) is 2. The van der Waals surface area contributed by atoms with Crippen molar-refractivity contribution in [1.29, 1.82) is 0 Å². The van der Waals surface area contributed by atoms with Crippen molar-refractivity contribution >= 4 is 11.6 Å². The molecule has 0 fully saturated rings. The zero-order chi connectivity index (χ0) is 17.4. The number of aromatic nitrogens is 2. The van der Waals surface area contributed by atoms with Crippen molar-refractivity contribution in [3.05, 3.63) is 64.8 Å². The third kappa shape index (κ3) is 2.63. The van der Waals surface area contributed by atoms with Crippen LogP contribution in [0.15, 0.2) is 36.4 Å². The molecular weight excluding hydrogens is 341 g/mol. The topological polar surface area (TPSA) is 27.1 Å². The Hall–Kier alpha value is -2.47. The molecule has 1 aromatic heterocycles. The average Bonchev–Trinajstić information content (AvgIpc) is 2.83. The second-order valence-electron chi connectivity index (χ2n) is 5.05. The van der Waals surface area contributed by atoms with Crippen molar-refractivity contribution in [2.75, 3.05) is 7.11 Å². The third-order valence-corrected chi connectivity index (χ3v) is 3.86. The maximum atomic E-state index is 14.6. The number of halogens is 4. The second kappa shape index (κ2) is 6.20. The number of aryl methyl sites for hydroxylation is 1. The van der Waals surface area contributed by atoms with Crippen LogP contribution >= 0.6 is 11.6 Å². The molecule has 2 aromatic carbocycles. The van der Waals surface area contributed by atoms with Gasteiger partial charge in [-0.25, -0.2) is 18.2 Å². The minimum atomic E-state index is -0.886. The summed E-state index contributed by atoms with van der Waals surface area (Å²) in [6.45, 7) is 1.63. The maximum Gasteiger partial charge on any atom is 0.177 e. The van der Waals surface area contributed by atoms with Gasteiger partial charge in [0.2, 0.25) is 0 Å². The van der Waals surface area contributed by atoms with Gasteiger partial charge in [0.05, 0.1) is 18.4 Å². The predicted octanol–water partition coefficient (Wildman–Crippen LogP) is 4.93. The molecule has 0 aliphatic carbocycles. The molecule has 0 saturated carbocycles. The highest BCUT2D eigenvalue weighted by Crippen LogP contribution is 2.37. The molecule has 124 valence electrons. The molecule has 3 nitrogen and oxygen atoms in total. The lowest BCUT2D eigenvalue weighted by atomic mass is 10.1. The Bertz CT molecular complexity index is 907. The van der Waals surface area contributed by atoms with Gasteiger partial charge in [0, 0.05) is 5.69 Å². The van der Waals surface area contributed by atoms with E-state index >= 15 is 0 Å². The third-order valence-electron chi connectivity index (χ3n) is 3.60. The van der Waals surface area contributed by atoms with Crippen molar-refractivity contribution in [2.24, 2.45) is 0 Å². The number of rotatable bonds is 3. The predicted molar refractivity (Wildman–Crippen MR) is 85.2 cm³/mol. The van der Waals surface area contributed by atoms with Gasteiger partial charge in [-0.1, -0.05) is 11.6 Å². The summed E-state index contributed by atoms with van der Waals surface area (Å²) < 4.78 is 48.5. The molecule has 0 aliphatic heterocycles. The van der Waals surface area contributed by atoms with Crippen molar-refractivity contribution in [3.63, 3.8) is 0 Å². The first-order chi connectivity index (χ1) is 11.4. The smallest absolute Gasteiger partial charge is 0.177 e. The summed E-state index contributed by atoms with van der Waals surface area (Å²) in [4.78, 5) is 4.08. The summed E-state index contributed by atoms with van der Waals surface area (Å²) in [5.41, 5.74) is 0.156. The SMILES string of the molecule is COc1ccc(F)c(-c2c(Cl)nc(C)n2-c2ccc(F)cc2)c1F. The number of methoxy groups -OCH3 is 1. The van der Waals surface area contributed by atoms with Gasteiger partial charge in [-0.3, -0.25) is 4.57 Å². The molecule has 0 saturated heterocycles. The minimum Gasteiger partial charge on any atom is -0.494 e. The van der Waals surface area contributed by atoms with Gasteiger partial charge >= 0.3 is 0 Å². The van der Waals surface area contributed by atoms with Crippen molar-refractivity contribution in [3.8, 4) is 22.7 Å². The number of ether oxygens (including phenoxy) is 1. The highest BCUT2D eigenvalue weighted by Gasteiger charge is 2.25. The fourth-order valence-electron chi connectivity index (χ4n) is 2.53. The first kappa shape index (κ1) is 16.4. The number of imidazole rings is 1. The molecule has 0 aliphatic rings. The Kier molecular flexibility index (Phi) is 4.24. The molecule has 3 aromatic rings. The Morgan fingerprint density at radius 1 is 1.04 bits per heavy atom.